The zero-order valence-electron chi connectivity index (χ0n) is 15.6. The summed E-state index contributed by atoms with van der Waals surface area (Å²) >= 11 is 0. The number of carbonyl (C=O) groups excluding carboxylic acids is 2. The van der Waals surface area contributed by atoms with Crippen LogP contribution < -0.4 is 0 Å². The Morgan fingerprint density at radius 2 is 2.04 bits per heavy atom. The molecule has 0 unspecified atom stereocenters. The highest BCUT2D eigenvalue weighted by atomic mass is 16.5. The van der Waals surface area contributed by atoms with Crippen molar-refractivity contribution in [2.45, 2.75) is 45.7 Å². The highest BCUT2D eigenvalue weighted by molar-refractivity contribution is 5.93. The molecule has 138 valence electrons. The summed E-state index contributed by atoms with van der Waals surface area (Å²) in [5.41, 5.74) is 1.11. The zero-order chi connectivity index (χ0) is 18.1. The quantitative estimate of drug-likeness (QED) is 0.825. The number of nitrogens with zero attached hydrogens (tertiary/aromatic N) is 4. The largest absolute Gasteiger partial charge is 0.360 e. The molecular weight excluding hydrogens is 320 g/mol. The minimum atomic E-state index is -0.178. The highest BCUT2D eigenvalue weighted by Crippen LogP contribution is 2.27. The summed E-state index contributed by atoms with van der Waals surface area (Å²) in [5.74, 6) is 0.802. The van der Waals surface area contributed by atoms with Crippen LogP contribution in [0.15, 0.2) is 4.52 Å². The average Bonchev–Trinajstić information content (AvgIpc) is 3.03. The first-order chi connectivity index (χ1) is 11.9. The second-order valence-corrected chi connectivity index (χ2v) is 7.57. The van der Waals surface area contributed by atoms with Crippen LogP contribution in [0.5, 0.6) is 0 Å². The normalized spacial score (nSPS) is 21.3. The molecule has 3 heterocycles. The number of piperidine rings is 1. The summed E-state index contributed by atoms with van der Waals surface area (Å²) < 4.78 is 5.34. The SMILES string of the molecule is CC(C)N1CCC[C@@H](C(=O)N2CCc3onc(C(=O)N(C)C)c3C2)C1. The number of fused-ring (bicyclic) bond motifs is 1. The van der Waals surface area contributed by atoms with Crippen molar-refractivity contribution in [3.05, 3.63) is 17.0 Å². The fourth-order valence-corrected chi connectivity index (χ4v) is 3.71. The topological polar surface area (TPSA) is 69.9 Å². The molecule has 25 heavy (non-hydrogen) atoms. The van der Waals surface area contributed by atoms with Gasteiger partial charge in [0.15, 0.2) is 5.69 Å². The summed E-state index contributed by atoms with van der Waals surface area (Å²) in [5, 5.41) is 3.95. The van der Waals surface area contributed by atoms with Crippen molar-refractivity contribution in [1.82, 2.24) is 19.9 Å². The predicted octanol–water partition coefficient (Wildman–Crippen LogP) is 1.38. The standard InChI is InChI=1S/C18H28N4O3/c1-12(2)21-8-5-6-13(10-21)17(23)22-9-7-15-14(11-22)16(19-25-15)18(24)20(3)4/h12-13H,5-11H2,1-4H3/t13-/m1/s1. The molecule has 1 aromatic rings. The first-order valence-electron chi connectivity index (χ1n) is 9.10. The van der Waals surface area contributed by atoms with Gasteiger partial charge >= 0.3 is 0 Å². The van der Waals surface area contributed by atoms with Crippen LogP contribution in [-0.2, 0) is 17.8 Å². The second kappa shape index (κ2) is 7.15. The van der Waals surface area contributed by atoms with E-state index in [0.29, 0.717) is 31.2 Å². The fourth-order valence-electron chi connectivity index (χ4n) is 3.71. The van der Waals surface area contributed by atoms with Crippen LogP contribution in [0.1, 0.15) is 48.5 Å². The minimum absolute atomic E-state index is 0.0468. The lowest BCUT2D eigenvalue weighted by Gasteiger charge is -2.37. The van der Waals surface area contributed by atoms with E-state index >= 15 is 0 Å². The predicted molar refractivity (Wildman–Crippen MR) is 93.1 cm³/mol. The highest BCUT2D eigenvalue weighted by Gasteiger charge is 2.34. The molecule has 3 rings (SSSR count). The van der Waals surface area contributed by atoms with E-state index in [2.05, 4.69) is 23.9 Å². The summed E-state index contributed by atoms with van der Waals surface area (Å²) in [6.45, 7) is 7.30. The number of likely N-dealkylation sites (tertiary alicyclic amines) is 1. The minimum Gasteiger partial charge on any atom is -0.360 e. The lowest BCUT2D eigenvalue weighted by molar-refractivity contribution is -0.138. The molecule has 7 heteroatoms. The van der Waals surface area contributed by atoms with Gasteiger partial charge in [-0.25, -0.2) is 0 Å². The second-order valence-electron chi connectivity index (χ2n) is 7.57. The summed E-state index contributed by atoms with van der Waals surface area (Å²) in [6, 6.07) is 0.464. The molecule has 0 aromatic carbocycles. The van der Waals surface area contributed by atoms with E-state index in [9.17, 15) is 9.59 Å². The summed E-state index contributed by atoms with van der Waals surface area (Å²) in [6.07, 6.45) is 2.62. The number of amides is 2. The van der Waals surface area contributed by atoms with Crippen molar-refractivity contribution in [1.29, 1.82) is 0 Å². The third-order valence-electron chi connectivity index (χ3n) is 5.28. The number of hydrogen-bond donors (Lipinski definition) is 0. The molecule has 1 saturated heterocycles. The molecule has 1 atom stereocenters. The van der Waals surface area contributed by atoms with Gasteiger partial charge in [0.2, 0.25) is 5.91 Å². The van der Waals surface area contributed by atoms with Crippen molar-refractivity contribution in [2.24, 2.45) is 5.92 Å². The van der Waals surface area contributed by atoms with Crippen LogP contribution in [-0.4, -0.2) is 71.4 Å². The third kappa shape index (κ3) is 3.56. The Labute approximate surface area is 148 Å². The first kappa shape index (κ1) is 17.9. The zero-order valence-corrected chi connectivity index (χ0v) is 15.6. The molecule has 7 nitrogen and oxygen atoms in total. The van der Waals surface area contributed by atoms with Crippen LogP contribution in [0.3, 0.4) is 0 Å². The molecule has 0 bridgehead atoms. The van der Waals surface area contributed by atoms with Crippen molar-refractivity contribution >= 4 is 11.8 Å². The van der Waals surface area contributed by atoms with Gasteiger partial charge in [0.05, 0.1) is 12.5 Å². The van der Waals surface area contributed by atoms with Crippen molar-refractivity contribution < 1.29 is 14.1 Å². The molecule has 2 amide bonds. The van der Waals surface area contributed by atoms with Gasteiger partial charge in [-0.2, -0.15) is 0 Å². The fraction of sp³-hybridized carbons (Fsp3) is 0.722. The summed E-state index contributed by atoms with van der Waals surface area (Å²) in [7, 11) is 3.38. The molecule has 2 aliphatic heterocycles. The van der Waals surface area contributed by atoms with E-state index < -0.39 is 0 Å². The molecule has 1 fully saturated rings. The van der Waals surface area contributed by atoms with E-state index in [0.717, 1.165) is 37.3 Å². The monoisotopic (exact) mass is 348 g/mol. The maximum atomic E-state index is 13.0. The molecule has 0 radical (unpaired) electrons. The Balaban J connectivity index is 1.73. The molecule has 0 saturated carbocycles. The lowest BCUT2D eigenvalue weighted by atomic mass is 9.94. The Morgan fingerprint density at radius 1 is 1.28 bits per heavy atom. The number of aromatic nitrogens is 1. The smallest absolute Gasteiger partial charge is 0.275 e. The van der Waals surface area contributed by atoms with Gasteiger partial charge in [-0.1, -0.05) is 5.16 Å². The van der Waals surface area contributed by atoms with Crippen LogP contribution >= 0.6 is 0 Å². The Kier molecular flexibility index (Phi) is 5.13. The van der Waals surface area contributed by atoms with Crippen molar-refractivity contribution in [2.75, 3.05) is 33.7 Å². The molecule has 1 aromatic heterocycles. The maximum absolute atomic E-state index is 13.0. The Morgan fingerprint density at radius 3 is 2.72 bits per heavy atom. The van der Waals surface area contributed by atoms with Crippen molar-refractivity contribution in [3.63, 3.8) is 0 Å². The van der Waals surface area contributed by atoms with E-state index in [4.69, 9.17) is 4.52 Å². The molecule has 0 N–H and O–H groups in total. The van der Waals surface area contributed by atoms with Crippen molar-refractivity contribution in [3.8, 4) is 0 Å². The molecule has 2 aliphatic rings. The van der Waals surface area contributed by atoms with Gasteiger partial charge < -0.3 is 19.2 Å². The molecular formula is C18H28N4O3. The van der Waals surface area contributed by atoms with Gasteiger partial charge in [0.25, 0.3) is 5.91 Å². The van der Waals surface area contributed by atoms with E-state index in [1.807, 2.05) is 4.90 Å². The van der Waals surface area contributed by atoms with Crippen LogP contribution in [0.25, 0.3) is 0 Å². The van der Waals surface area contributed by atoms with Gasteiger partial charge in [0, 0.05) is 45.2 Å². The molecule has 0 aliphatic carbocycles. The van der Waals surface area contributed by atoms with E-state index in [1.54, 1.807) is 14.1 Å². The van der Waals surface area contributed by atoms with E-state index in [-0.39, 0.29) is 17.7 Å². The van der Waals surface area contributed by atoms with Crippen LogP contribution in [0.2, 0.25) is 0 Å². The average molecular weight is 348 g/mol. The van der Waals surface area contributed by atoms with Crippen LogP contribution in [0, 0.1) is 5.92 Å². The summed E-state index contributed by atoms with van der Waals surface area (Å²) in [4.78, 5) is 31.0. The number of carbonyl (C=O) groups is 2. The number of rotatable bonds is 3. The number of hydrogen-bond acceptors (Lipinski definition) is 5. The first-order valence-corrected chi connectivity index (χ1v) is 9.10. The van der Waals surface area contributed by atoms with Gasteiger partial charge in [-0.3, -0.25) is 9.59 Å². The maximum Gasteiger partial charge on any atom is 0.275 e. The van der Waals surface area contributed by atoms with Gasteiger partial charge in [-0.05, 0) is 33.2 Å². The third-order valence-corrected chi connectivity index (χ3v) is 5.28. The Bertz CT molecular complexity index is 653. The van der Waals surface area contributed by atoms with E-state index in [1.165, 1.54) is 4.90 Å². The lowest BCUT2D eigenvalue weighted by Crippen LogP contribution is -2.48. The van der Waals surface area contributed by atoms with Gasteiger partial charge in [0.1, 0.15) is 5.76 Å². The Hall–Kier alpha value is -1.89. The van der Waals surface area contributed by atoms with Gasteiger partial charge in [-0.15, -0.1) is 0 Å². The van der Waals surface area contributed by atoms with Crippen LogP contribution in [0.4, 0.5) is 0 Å². The molecule has 0 spiro atoms.